The van der Waals surface area contributed by atoms with Gasteiger partial charge in [0.15, 0.2) is 0 Å². The number of sulfonamides is 1. The van der Waals surface area contributed by atoms with E-state index in [-0.39, 0.29) is 22.9 Å². The molecule has 26 heavy (non-hydrogen) atoms. The van der Waals surface area contributed by atoms with Crippen LogP contribution >= 0.6 is 0 Å². The first kappa shape index (κ1) is 19.9. The van der Waals surface area contributed by atoms with E-state index < -0.39 is 10.0 Å². The molecule has 0 aromatic heterocycles. The monoisotopic (exact) mass is 375 g/mol. The Morgan fingerprint density at radius 3 is 2.19 bits per heavy atom. The number of nitrogens with two attached hydrogens (primary N) is 1. The largest absolute Gasteiger partial charge is 0.331 e. The van der Waals surface area contributed by atoms with E-state index in [2.05, 4.69) is 24.5 Å². The summed E-state index contributed by atoms with van der Waals surface area (Å²) in [7, 11) is -3.73. The Balaban J connectivity index is 2.11. The van der Waals surface area contributed by atoms with Gasteiger partial charge in [0.2, 0.25) is 10.0 Å². The number of primary sulfonamides is 1. The predicted octanol–water partition coefficient (Wildman–Crippen LogP) is 3.65. The normalized spacial score (nSPS) is 12.7. The molecule has 0 radical (unpaired) electrons. The fourth-order valence-corrected chi connectivity index (χ4v) is 3.23. The topological polar surface area (TPSA) is 101 Å². The number of rotatable bonds is 5. The van der Waals surface area contributed by atoms with Crippen LogP contribution in [0.3, 0.4) is 0 Å². The van der Waals surface area contributed by atoms with E-state index in [4.69, 9.17) is 5.14 Å². The Morgan fingerprint density at radius 2 is 1.65 bits per heavy atom. The third kappa shape index (κ3) is 4.83. The van der Waals surface area contributed by atoms with Crippen molar-refractivity contribution < 1.29 is 13.2 Å². The van der Waals surface area contributed by atoms with Gasteiger partial charge in [-0.15, -0.1) is 0 Å². The fraction of sp³-hybridized carbons (Fsp3) is 0.316. The van der Waals surface area contributed by atoms with Crippen LogP contribution in [0.1, 0.15) is 49.4 Å². The lowest BCUT2D eigenvalue weighted by molar-refractivity contribution is 0.249. The third-order valence-electron chi connectivity index (χ3n) is 4.22. The number of urea groups is 1. The van der Waals surface area contributed by atoms with E-state index in [0.717, 1.165) is 22.4 Å². The summed E-state index contributed by atoms with van der Waals surface area (Å²) in [4.78, 5) is 12.5. The molecule has 0 fully saturated rings. The average molecular weight is 375 g/mol. The molecule has 0 bridgehead atoms. The van der Waals surface area contributed by atoms with Crippen molar-refractivity contribution in [1.82, 2.24) is 5.32 Å². The summed E-state index contributed by atoms with van der Waals surface area (Å²) < 4.78 is 22.6. The van der Waals surface area contributed by atoms with Crippen LogP contribution < -0.4 is 15.8 Å². The first-order chi connectivity index (χ1) is 12.1. The van der Waals surface area contributed by atoms with Gasteiger partial charge >= 0.3 is 6.03 Å². The fourth-order valence-electron chi connectivity index (χ4n) is 2.72. The lowest BCUT2D eigenvalue weighted by atomic mass is 9.98. The molecular weight excluding hydrogens is 350 g/mol. The lowest BCUT2D eigenvalue weighted by Gasteiger charge is -2.19. The number of amides is 2. The number of carbonyl (C=O) groups is 1. The molecule has 2 aromatic rings. The highest BCUT2D eigenvalue weighted by atomic mass is 32.2. The molecule has 6 nitrogen and oxygen atoms in total. The maximum Gasteiger partial charge on any atom is 0.319 e. The van der Waals surface area contributed by atoms with Crippen LogP contribution in [-0.4, -0.2) is 14.4 Å². The smallest absolute Gasteiger partial charge is 0.319 e. The van der Waals surface area contributed by atoms with Gasteiger partial charge in [-0.2, -0.15) is 0 Å². The Kier molecular flexibility index (Phi) is 6.05. The molecule has 1 atom stereocenters. The van der Waals surface area contributed by atoms with Gasteiger partial charge in [-0.1, -0.05) is 44.2 Å². The van der Waals surface area contributed by atoms with Gasteiger partial charge in [-0.25, -0.2) is 18.4 Å². The van der Waals surface area contributed by atoms with Crippen LogP contribution in [0.15, 0.2) is 47.4 Å². The number of para-hydroxylation sites is 1. The van der Waals surface area contributed by atoms with Crippen LogP contribution in [0.5, 0.6) is 0 Å². The molecule has 0 spiro atoms. The number of carbonyl (C=O) groups excluding carboxylic acids is 1. The van der Waals surface area contributed by atoms with Gasteiger partial charge in [-0.3, -0.25) is 0 Å². The first-order valence-electron chi connectivity index (χ1n) is 8.39. The van der Waals surface area contributed by atoms with Crippen LogP contribution in [0, 0.1) is 6.92 Å². The standard InChI is InChI=1S/C19H25N3O3S/c1-12(2)17-7-5-6-13(3)18(17)22-19(23)21-14(4)15-8-10-16(11-9-15)26(20,24)25/h5-12,14H,1-4H3,(H2,20,24,25)(H2,21,22,23). The number of hydrogen-bond donors (Lipinski definition) is 3. The molecule has 140 valence electrons. The summed E-state index contributed by atoms with van der Waals surface area (Å²) in [5.74, 6) is 0.286. The van der Waals surface area contributed by atoms with Crippen LogP contribution in [0.25, 0.3) is 0 Å². The molecule has 4 N–H and O–H groups in total. The van der Waals surface area contributed by atoms with E-state index in [0.29, 0.717) is 0 Å². The lowest BCUT2D eigenvalue weighted by Crippen LogP contribution is -2.31. The molecule has 0 saturated carbocycles. The molecule has 0 aliphatic rings. The minimum Gasteiger partial charge on any atom is -0.331 e. The zero-order chi connectivity index (χ0) is 19.5. The van der Waals surface area contributed by atoms with E-state index in [9.17, 15) is 13.2 Å². The van der Waals surface area contributed by atoms with Crippen LogP contribution in [0.2, 0.25) is 0 Å². The maximum absolute atomic E-state index is 12.4. The Hall–Kier alpha value is -2.38. The van der Waals surface area contributed by atoms with E-state index in [1.54, 1.807) is 12.1 Å². The summed E-state index contributed by atoms with van der Waals surface area (Å²) in [6.45, 7) is 7.94. The molecule has 0 heterocycles. The van der Waals surface area contributed by atoms with Gasteiger partial charge in [0.05, 0.1) is 10.9 Å². The van der Waals surface area contributed by atoms with Crippen LogP contribution in [0.4, 0.5) is 10.5 Å². The van der Waals surface area contributed by atoms with Crippen molar-refractivity contribution in [2.75, 3.05) is 5.32 Å². The van der Waals surface area contributed by atoms with Crippen molar-refractivity contribution in [2.24, 2.45) is 5.14 Å². The zero-order valence-corrected chi connectivity index (χ0v) is 16.2. The van der Waals surface area contributed by atoms with E-state index in [1.807, 2.05) is 32.0 Å². The summed E-state index contributed by atoms with van der Waals surface area (Å²) in [6, 6.07) is 11.5. The Labute approximate surface area is 154 Å². The summed E-state index contributed by atoms with van der Waals surface area (Å²) in [5.41, 5.74) is 3.67. The first-order valence-corrected chi connectivity index (χ1v) is 9.94. The molecule has 0 aliphatic heterocycles. The highest BCUT2D eigenvalue weighted by molar-refractivity contribution is 7.89. The van der Waals surface area contributed by atoms with Gasteiger partial charge in [0.25, 0.3) is 0 Å². The molecule has 0 aliphatic carbocycles. The van der Waals surface area contributed by atoms with Gasteiger partial charge in [0, 0.05) is 5.69 Å². The molecule has 2 aromatic carbocycles. The Morgan fingerprint density at radius 1 is 1.04 bits per heavy atom. The zero-order valence-electron chi connectivity index (χ0n) is 15.4. The molecule has 2 rings (SSSR count). The van der Waals surface area contributed by atoms with Crippen molar-refractivity contribution in [1.29, 1.82) is 0 Å². The number of aryl methyl sites for hydroxylation is 1. The van der Waals surface area contributed by atoms with Crippen molar-refractivity contribution in [3.63, 3.8) is 0 Å². The highest BCUT2D eigenvalue weighted by Crippen LogP contribution is 2.27. The number of nitrogens with one attached hydrogen (secondary N) is 2. The summed E-state index contributed by atoms with van der Waals surface area (Å²) in [6.07, 6.45) is 0. The molecule has 7 heteroatoms. The summed E-state index contributed by atoms with van der Waals surface area (Å²) in [5, 5.41) is 10.9. The average Bonchev–Trinajstić information content (AvgIpc) is 2.55. The van der Waals surface area contributed by atoms with E-state index in [1.165, 1.54) is 12.1 Å². The second-order valence-corrected chi connectivity index (χ2v) is 8.19. The molecular formula is C19H25N3O3S. The van der Waals surface area contributed by atoms with Crippen molar-refractivity contribution in [3.8, 4) is 0 Å². The minimum absolute atomic E-state index is 0.0411. The van der Waals surface area contributed by atoms with Gasteiger partial charge < -0.3 is 10.6 Å². The summed E-state index contributed by atoms with van der Waals surface area (Å²) >= 11 is 0. The van der Waals surface area contributed by atoms with Crippen molar-refractivity contribution in [2.45, 2.75) is 44.6 Å². The quantitative estimate of drug-likeness (QED) is 0.743. The number of hydrogen-bond acceptors (Lipinski definition) is 3. The second kappa shape index (κ2) is 7.88. The van der Waals surface area contributed by atoms with Gasteiger partial charge in [0.1, 0.15) is 0 Å². The highest BCUT2D eigenvalue weighted by Gasteiger charge is 2.15. The number of anilines is 1. The number of benzene rings is 2. The maximum atomic E-state index is 12.4. The minimum atomic E-state index is -3.73. The van der Waals surface area contributed by atoms with Crippen LogP contribution in [-0.2, 0) is 10.0 Å². The van der Waals surface area contributed by atoms with Gasteiger partial charge in [-0.05, 0) is 48.6 Å². The molecule has 1 unspecified atom stereocenters. The predicted molar refractivity (Wildman–Crippen MR) is 104 cm³/mol. The molecule has 2 amide bonds. The second-order valence-electron chi connectivity index (χ2n) is 6.63. The SMILES string of the molecule is Cc1cccc(C(C)C)c1NC(=O)NC(C)c1ccc(S(N)(=O)=O)cc1. The molecule has 0 saturated heterocycles. The van der Waals surface area contributed by atoms with E-state index >= 15 is 0 Å². The van der Waals surface area contributed by atoms with Crippen molar-refractivity contribution in [3.05, 3.63) is 59.2 Å². The Bertz CT molecular complexity index is 891. The third-order valence-corrected chi connectivity index (χ3v) is 5.15. The van der Waals surface area contributed by atoms with Crippen molar-refractivity contribution >= 4 is 21.7 Å².